The lowest BCUT2D eigenvalue weighted by molar-refractivity contribution is 0.0518. The fraction of sp³-hybridized carbons (Fsp3) is 0.682. The van der Waals surface area contributed by atoms with Gasteiger partial charge in [0.15, 0.2) is 0 Å². The number of methoxy groups -OCH3 is 1. The van der Waals surface area contributed by atoms with Crippen molar-refractivity contribution in [1.82, 2.24) is 14.7 Å². The number of carbonyl (C=O) groups excluding carboxylic acids is 1. The summed E-state index contributed by atoms with van der Waals surface area (Å²) in [6.07, 6.45) is 2.15. The van der Waals surface area contributed by atoms with Crippen LogP contribution in [0.25, 0.3) is 0 Å². The summed E-state index contributed by atoms with van der Waals surface area (Å²) in [6.45, 7) is 12.8. The van der Waals surface area contributed by atoms with E-state index >= 15 is 0 Å². The van der Waals surface area contributed by atoms with Gasteiger partial charge in [0.1, 0.15) is 5.75 Å². The van der Waals surface area contributed by atoms with Gasteiger partial charge in [-0.25, -0.2) is 0 Å². The predicted octanol–water partition coefficient (Wildman–Crippen LogP) is 2.84. The minimum absolute atomic E-state index is 0.00617. The van der Waals surface area contributed by atoms with Gasteiger partial charge < -0.3 is 14.5 Å². The number of piperazine rings is 1. The summed E-state index contributed by atoms with van der Waals surface area (Å²) < 4.78 is 5.57. The van der Waals surface area contributed by atoms with E-state index in [0.717, 1.165) is 69.0 Å². The van der Waals surface area contributed by atoms with Crippen molar-refractivity contribution >= 4 is 5.91 Å². The Labute approximate surface area is 164 Å². The number of ether oxygens (including phenoxy) is 1. The Morgan fingerprint density at radius 2 is 1.67 bits per heavy atom. The van der Waals surface area contributed by atoms with Crippen LogP contribution in [0.15, 0.2) is 18.2 Å². The summed E-state index contributed by atoms with van der Waals surface area (Å²) in [5.74, 6) is 0.936. The van der Waals surface area contributed by atoms with Crippen LogP contribution in [0.5, 0.6) is 5.75 Å². The maximum absolute atomic E-state index is 13.0. The molecule has 150 valence electrons. The highest BCUT2D eigenvalue weighted by molar-refractivity contribution is 5.94. The first-order valence-corrected chi connectivity index (χ1v) is 10.2. The first kappa shape index (κ1) is 20.2. The van der Waals surface area contributed by atoms with Crippen molar-refractivity contribution in [3.05, 3.63) is 29.3 Å². The molecule has 3 rings (SSSR count). The molecule has 1 aromatic carbocycles. The van der Waals surface area contributed by atoms with E-state index in [1.807, 2.05) is 23.1 Å². The Bertz CT molecular complexity index is 652. The maximum Gasteiger partial charge on any atom is 0.253 e. The van der Waals surface area contributed by atoms with Gasteiger partial charge in [-0.05, 0) is 43.0 Å². The van der Waals surface area contributed by atoms with E-state index in [1.165, 1.54) is 0 Å². The fourth-order valence-electron chi connectivity index (χ4n) is 4.25. The molecule has 0 aromatic heterocycles. The predicted molar refractivity (Wildman–Crippen MR) is 110 cm³/mol. The first-order chi connectivity index (χ1) is 12.8. The minimum Gasteiger partial charge on any atom is -0.496 e. The van der Waals surface area contributed by atoms with Crippen molar-refractivity contribution in [3.63, 3.8) is 0 Å². The van der Waals surface area contributed by atoms with Crippen LogP contribution in [-0.4, -0.2) is 80.1 Å². The number of nitrogens with zero attached hydrogens (tertiary/aromatic N) is 3. The minimum atomic E-state index is -0.00617. The van der Waals surface area contributed by atoms with Crippen molar-refractivity contribution in [2.75, 3.05) is 53.4 Å². The highest BCUT2D eigenvalue weighted by Gasteiger charge is 2.29. The van der Waals surface area contributed by atoms with Crippen molar-refractivity contribution in [2.45, 2.75) is 45.1 Å². The highest BCUT2D eigenvalue weighted by atomic mass is 16.5. The average molecular weight is 374 g/mol. The molecular formula is C22H35N3O2. The Kier molecular flexibility index (Phi) is 6.11. The molecule has 2 saturated heterocycles. The van der Waals surface area contributed by atoms with E-state index < -0.39 is 0 Å². The molecule has 0 N–H and O–H groups in total. The summed E-state index contributed by atoms with van der Waals surface area (Å²) in [6, 6.07) is 6.54. The average Bonchev–Trinajstić information content (AvgIpc) is 2.67. The molecule has 0 spiro atoms. The quantitative estimate of drug-likeness (QED) is 0.816. The van der Waals surface area contributed by atoms with E-state index in [0.29, 0.717) is 6.04 Å². The van der Waals surface area contributed by atoms with Gasteiger partial charge in [-0.3, -0.25) is 9.69 Å². The number of hydrogen-bond donors (Lipinski definition) is 0. The SMILES string of the molecule is COc1cc(C(=O)N2CCC(N3CCN(C)CC3)CC2)ccc1C(C)(C)C. The van der Waals surface area contributed by atoms with Crippen molar-refractivity contribution in [1.29, 1.82) is 0 Å². The molecule has 27 heavy (non-hydrogen) atoms. The number of rotatable bonds is 3. The Balaban J connectivity index is 1.62. The molecule has 0 atom stereocenters. The van der Waals surface area contributed by atoms with Gasteiger partial charge in [-0.1, -0.05) is 26.8 Å². The second-order valence-electron chi connectivity index (χ2n) is 9.03. The second-order valence-corrected chi connectivity index (χ2v) is 9.03. The Morgan fingerprint density at radius 1 is 1.04 bits per heavy atom. The molecule has 5 heteroatoms. The van der Waals surface area contributed by atoms with Gasteiger partial charge in [0.25, 0.3) is 5.91 Å². The Hall–Kier alpha value is -1.59. The lowest BCUT2D eigenvalue weighted by Crippen LogP contribution is -2.52. The first-order valence-electron chi connectivity index (χ1n) is 10.2. The number of benzene rings is 1. The fourth-order valence-corrected chi connectivity index (χ4v) is 4.25. The van der Waals surface area contributed by atoms with Gasteiger partial charge in [-0.2, -0.15) is 0 Å². The number of hydrogen-bond acceptors (Lipinski definition) is 4. The smallest absolute Gasteiger partial charge is 0.253 e. The molecule has 5 nitrogen and oxygen atoms in total. The van der Waals surface area contributed by atoms with E-state index in [2.05, 4.69) is 37.6 Å². The van der Waals surface area contributed by atoms with Gasteiger partial charge >= 0.3 is 0 Å². The van der Waals surface area contributed by atoms with Crippen LogP contribution in [0, 0.1) is 0 Å². The normalized spacial score (nSPS) is 20.7. The van der Waals surface area contributed by atoms with Gasteiger partial charge in [-0.15, -0.1) is 0 Å². The number of piperidine rings is 1. The monoisotopic (exact) mass is 373 g/mol. The topological polar surface area (TPSA) is 36.0 Å². The van der Waals surface area contributed by atoms with Crippen molar-refractivity contribution < 1.29 is 9.53 Å². The lowest BCUT2D eigenvalue weighted by Gasteiger charge is -2.42. The van der Waals surface area contributed by atoms with Crippen LogP contribution in [0.3, 0.4) is 0 Å². The zero-order chi connectivity index (χ0) is 19.6. The molecule has 2 fully saturated rings. The maximum atomic E-state index is 13.0. The van der Waals surface area contributed by atoms with Gasteiger partial charge in [0, 0.05) is 50.9 Å². The molecule has 2 heterocycles. The number of likely N-dealkylation sites (tertiary alicyclic amines) is 1. The largest absolute Gasteiger partial charge is 0.496 e. The number of amides is 1. The van der Waals surface area contributed by atoms with Crippen LogP contribution < -0.4 is 4.74 Å². The van der Waals surface area contributed by atoms with Crippen LogP contribution in [0.2, 0.25) is 0 Å². The lowest BCUT2D eigenvalue weighted by atomic mass is 9.85. The highest BCUT2D eigenvalue weighted by Crippen LogP contribution is 2.32. The second kappa shape index (κ2) is 8.19. The third kappa shape index (κ3) is 4.64. The number of carbonyl (C=O) groups is 1. The van der Waals surface area contributed by atoms with Crippen molar-refractivity contribution in [2.24, 2.45) is 0 Å². The van der Waals surface area contributed by atoms with Crippen LogP contribution in [-0.2, 0) is 5.41 Å². The van der Waals surface area contributed by atoms with E-state index in [9.17, 15) is 4.79 Å². The molecule has 0 saturated carbocycles. The number of likely N-dealkylation sites (N-methyl/N-ethyl adjacent to an activating group) is 1. The molecule has 2 aliphatic heterocycles. The summed E-state index contributed by atoms with van der Waals surface area (Å²) in [5, 5.41) is 0. The zero-order valence-corrected chi connectivity index (χ0v) is 17.6. The van der Waals surface area contributed by atoms with E-state index in [4.69, 9.17) is 4.74 Å². The summed E-state index contributed by atoms with van der Waals surface area (Å²) in [7, 11) is 3.87. The van der Waals surface area contributed by atoms with Gasteiger partial charge in [0.05, 0.1) is 7.11 Å². The third-order valence-electron chi connectivity index (χ3n) is 6.06. The van der Waals surface area contributed by atoms with Crippen molar-refractivity contribution in [3.8, 4) is 5.75 Å². The molecular weight excluding hydrogens is 338 g/mol. The standard InChI is InChI=1S/C22H35N3O2/c1-22(2,3)19-7-6-17(16-20(19)27-5)21(26)25-10-8-18(9-11-25)24-14-12-23(4)13-15-24/h6-7,16,18H,8-15H2,1-5H3. The van der Waals surface area contributed by atoms with E-state index in [1.54, 1.807) is 7.11 Å². The van der Waals surface area contributed by atoms with E-state index in [-0.39, 0.29) is 11.3 Å². The van der Waals surface area contributed by atoms with Crippen LogP contribution in [0.1, 0.15) is 49.5 Å². The van der Waals surface area contributed by atoms with Crippen LogP contribution >= 0.6 is 0 Å². The molecule has 1 amide bonds. The summed E-state index contributed by atoms with van der Waals surface area (Å²) in [4.78, 5) is 20.0. The molecule has 0 aliphatic carbocycles. The molecule has 0 bridgehead atoms. The zero-order valence-electron chi connectivity index (χ0n) is 17.6. The van der Waals surface area contributed by atoms with Gasteiger partial charge in [0.2, 0.25) is 0 Å². The van der Waals surface area contributed by atoms with Crippen LogP contribution in [0.4, 0.5) is 0 Å². The molecule has 0 radical (unpaired) electrons. The Morgan fingerprint density at radius 3 is 2.22 bits per heavy atom. The molecule has 2 aliphatic rings. The summed E-state index contributed by atoms with van der Waals surface area (Å²) in [5.41, 5.74) is 1.86. The third-order valence-corrected chi connectivity index (χ3v) is 6.06. The summed E-state index contributed by atoms with van der Waals surface area (Å²) >= 11 is 0. The molecule has 0 unspecified atom stereocenters. The molecule has 1 aromatic rings.